The van der Waals surface area contributed by atoms with Crippen LogP contribution in [0.3, 0.4) is 0 Å². The molecule has 3 aromatic heterocycles. The summed E-state index contributed by atoms with van der Waals surface area (Å²) in [6.07, 6.45) is 1.63. The Balaban J connectivity index is 1.15. The van der Waals surface area contributed by atoms with Gasteiger partial charge in [-0.3, -0.25) is 4.79 Å². The van der Waals surface area contributed by atoms with E-state index in [1.54, 1.807) is 42.1 Å². The molecule has 0 radical (unpaired) electrons. The van der Waals surface area contributed by atoms with E-state index < -0.39 is 29.0 Å². The maximum absolute atomic E-state index is 14.0. The summed E-state index contributed by atoms with van der Waals surface area (Å²) in [7, 11) is 1.50. The lowest BCUT2D eigenvalue weighted by Gasteiger charge is -2.19. The van der Waals surface area contributed by atoms with E-state index in [4.69, 9.17) is 14.7 Å². The molecule has 2 atom stereocenters. The normalized spacial score (nSPS) is 15.6. The molecule has 16 heteroatoms. The lowest BCUT2D eigenvalue weighted by atomic mass is 10.2. The minimum absolute atomic E-state index is 0.0341. The van der Waals surface area contributed by atoms with Gasteiger partial charge in [0, 0.05) is 19.1 Å². The van der Waals surface area contributed by atoms with Gasteiger partial charge in [0.15, 0.2) is 0 Å². The van der Waals surface area contributed by atoms with Crippen LogP contribution in [0.4, 0.5) is 24.8 Å². The highest BCUT2D eigenvalue weighted by molar-refractivity contribution is 5.50. The third kappa shape index (κ3) is 7.11. The van der Waals surface area contributed by atoms with E-state index in [1.165, 1.54) is 19.5 Å². The summed E-state index contributed by atoms with van der Waals surface area (Å²) in [6, 6.07) is 8.06. The molecule has 1 saturated heterocycles. The number of halogens is 3. The SMILES string of the molecule is COc1ccc(Cn2ncc(NC(C)COCc3cn(C4CCN(c5ncc(C#N)cn5)C4)nn3)c(C(F)(F)F)c2=O)cc1. The number of nitriles is 1. The summed E-state index contributed by atoms with van der Waals surface area (Å²) in [5.41, 5.74) is -1.46. The monoisotopic (exact) mass is 610 g/mol. The zero-order valence-electron chi connectivity index (χ0n) is 23.9. The van der Waals surface area contributed by atoms with Crippen molar-refractivity contribution in [2.24, 2.45) is 0 Å². The maximum Gasteiger partial charge on any atom is 0.423 e. The van der Waals surface area contributed by atoms with Crippen LogP contribution in [0.25, 0.3) is 0 Å². The molecule has 0 bridgehead atoms. The van der Waals surface area contributed by atoms with Gasteiger partial charge in [-0.1, -0.05) is 17.3 Å². The molecule has 44 heavy (non-hydrogen) atoms. The summed E-state index contributed by atoms with van der Waals surface area (Å²) in [6.45, 7) is 2.96. The molecule has 230 valence electrons. The fourth-order valence-electron chi connectivity index (χ4n) is 4.78. The van der Waals surface area contributed by atoms with E-state index in [9.17, 15) is 18.0 Å². The number of nitrogens with zero attached hydrogens (tertiary/aromatic N) is 9. The summed E-state index contributed by atoms with van der Waals surface area (Å²) < 4.78 is 55.2. The Bertz CT molecular complexity index is 1670. The van der Waals surface area contributed by atoms with Crippen molar-refractivity contribution in [3.63, 3.8) is 0 Å². The molecule has 0 amide bonds. The van der Waals surface area contributed by atoms with Gasteiger partial charge in [0.25, 0.3) is 5.56 Å². The Morgan fingerprint density at radius 1 is 1.18 bits per heavy atom. The Morgan fingerprint density at radius 2 is 1.93 bits per heavy atom. The predicted molar refractivity (Wildman–Crippen MR) is 151 cm³/mol. The number of rotatable bonds is 11. The number of benzene rings is 1. The number of nitrogens with one attached hydrogen (secondary N) is 1. The van der Waals surface area contributed by atoms with Gasteiger partial charge in [0.05, 0.1) is 68.9 Å². The maximum atomic E-state index is 14.0. The van der Waals surface area contributed by atoms with Gasteiger partial charge >= 0.3 is 6.18 Å². The highest BCUT2D eigenvalue weighted by Crippen LogP contribution is 2.32. The lowest BCUT2D eigenvalue weighted by molar-refractivity contribution is -0.138. The molecule has 5 rings (SSSR count). The highest BCUT2D eigenvalue weighted by Gasteiger charge is 2.38. The molecule has 2 unspecified atom stereocenters. The van der Waals surface area contributed by atoms with Crippen molar-refractivity contribution < 1.29 is 22.6 Å². The van der Waals surface area contributed by atoms with Crippen molar-refractivity contribution >= 4 is 11.6 Å². The van der Waals surface area contributed by atoms with Gasteiger partial charge in [-0.25, -0.2) is 19.3 Å². The van der Waals surface area contributed by atoms with Crippen LogP contribution in [0, 0.1) is 11.3 Å². The molecule has 1 N–H and O–H groups in total. The number of aromatic nitrogens is 7. The zero-order chi connectivity index (χ0) is 31.3. The standard InChI is InChI=1S/C28H29F3N10O3/c1-18(36-24-12-35-41(26(42)25(24)28(29,30)31)13-19-3-5-23(43-2)6-4-19)16-44-17-21-14-40(38-37-21)22-7-8-39(15-22)27-33-10-20(9-32)11-34-27/h3-6,10-12,14,18,22,36H,7-8,13,15-17H2,1-2H3. The van der Waals surface area contributed by atoms with E-state index >= 15 is 0 Å². The fourth-order valence-corrected chi connectivity index (χ4v) is 4.78. The average molecular weight is 611 g/mol. The zero-order valence-corrected chi connectivity index (χ0v) is 23.9. The Labute approximate surface area is 249 Å². The molecule has 4 heterocycles. The van der Waals surface area contributed by atoms with Crippen LogP contribution >= 0.6 is 0 Å². The number of methoxy groups -OCH3 is 1. The van der Waals surface area contributed by atoms with Crippen LogP contribution in [0.5, 0.6) is 5.75 Å². The largest absolute Gasteiger partial charge is 0.497 e. The Morgan fingerprint density at radius 3 is 2.61 bits per heavy atom. The summed E-state index contributed by atoms with van der Waals surface area (Å²) in [4.78, 5) is 23.3. The van der Waals surface area contributed by atoms with E-state index in [1.807, 2.05) is 11.0 Å². The van der Waals surface area contributed by atoms with Crippen molar-refractivity contribution in [2.45, 2.75) is 44.8 Å². The lowest BCUT2D eigenvalue weighted by Crippen LogP contribution is -2.34. The second-order valence-corrected chi connectivity index (χ2v) is 10.3. The van der Waals surface area contributed by atoms with Gasteiger partial charge < -0.3 is 19.7 Å². The molecule has 4 aromatic rings. The van der Waals surface area contributed by atoms with Crippen LogP contribution in [-0.4, -0.2) is 67.6 Å². The Kier molecular flexibility index (Phi) is 9.04. The van der Waals surface area contributed by atoms with E-state index in [0.29, 0.717) is 41.6 Å². The van der Waals surface area contributed by atoms with Crippen molar-refractivity contribution in [3.8, 4) is 11.8 Å². The van der Waals surface area contributed by atoms with Crippen molar-refractivity contribution in [1.29, 1.82) is 5.26 Å². The summed E-state index contributed by atoms with van der Waals surface area (Å²) >= 11 is 0. The van der Waals surface area contributed by atoms with Gasteiger partial charge in [-0.2, -0.15) is 23.5 Å². The fraction of sp³-hybridized carbons (Fsp3) is 0.393. The first-order valence-corrected chi connectivity index (χ1v) is 13.7. The first-order valence-electron chi connectivity index (χ1n) is 13.7. The third-order valence-electron chi connectivity index (χ3n) is 6.98. The molecule has 0 aliphatic carbocycles. The van der Waals surface area contributed by atoms with Gasteiger partial charge in [-0.05, 0) is 31.0 Å². The van der Waals surface area contributed by atoms with Crippen molar-refractivity contribution in [3.05, 3.63) is 81.8 Å². The highest BCUT2D eigenvalue weighted by atomic mass is 19.4. The first kappa shape index (κ1) is 30.4. The smallest absolute Gasteiger partial charge is 0.423 e. The number of ether oxygens (including phenoxy) is 2. The van der Waals surface area contributed by atoms with Crippen molar-refractivity contribution in [2.75, 3.05) is 37.0 Å². The molecular formula is C28H29F3N10O3. The molecule has 0 saturated carbocycles. The van der Waals surface area contributed by atoms with Crippen LogP contribution in [0.2, 0.25) is 0 Å². The summed E-state index contributed by atoms with van der Waals surface area (Å²) in [5.74, 6) is 1.12. The molecule has 1 aliphatic heterocycles. The van der Waals surface area contributed by atoms with E-state index in [0.717, 1.165) is 17.3 Å². The van der Waals surface area contributed by atoms with E-state index in [2.05, 4.69) is 30.7 Å². The van der Waals surface area contributed by atoms with Crippen LogP contribution < -0.4 is 20.5 Å². The molecule has 0 spiro atoms. The molecule has 1 fully saturated rings. The van der Waals surface area contributed by atoms with Crippen LogP contribution in [0.1, 0.15) is 41.8 Å². The minimum atomic E-state index is -4.90. The van der Waals surface area contributed by atoms with Crippen LogP contribution in [-0.2, 0) is 24.1 Å². The molecular weight excluding hydrogens is 581 g/mol. The number of hydrogen-bond donors (Lipinski definition) is 1. The Hall–Kier alpha value is -5.04. The van der Waals surface area contributed by atoms with Crippen molar-refractivity contribution in [1.82, 2.24) is 34.7 Å². The summed E-state index contributed by atoms with van der Waals surface area (Å²) in [5, 5.41) is 24.0. The second kappa shape index (κ2) is 13.1. The second-order valence-electron chi connectivity index (χ2n) is 10.3. The number of alkyl halides is 3. The molecule has 1 aromatic carbocycles. The predicted octanol–water partition coefficient (Wildman–Crippen LogP) is 3.04. The molecule has 1 aliphatic rings. The molecule has 13 nitrogen and oxygen atoms in total. The quantitative estimate of drug-likeness (QED) is 0.267. The third-order valence-corrected chi connectivity index (χ3v) is 6.98. The van der Waals surface area contributed by atoms with Gasteiger partial charge in [0.1, 0.15) is 23.1 Å². The first-order chi connectivity index (χ1) is 21.1. The number of anilines is 2. The van der Waals surface area contributed by atoms with Gasteiger partial charge in [-0.15, -0.1) is 5.10 Å². The number of hydrogen-bond acceptors (Lipinski definition) is 11. The topological polar surface area (TPSA) is 149 Å². The average Bonchev–Trinajstić information content (AvgIpc) is 3.69. The van der Waals surface area contributed by atoms with Gasteiger partial charge in [0.2, 0.25) is 5.95 Å². The van der Waals surface area contributed by atoms with E-state index in [-0.39, 0.29) is 25.8 Å². The minimum Gasteiger partial charge on any atom is -0.497 e. The van der Waals surface area contributed by atoms with Crippen LogP contribution in [0.15, 0.2) is 53.8 Å².